The third kappa shape index (κ3) is 3.51. The Hall–Kier alpha value is -1.10. The molecule has 3 N–H and O–H groups in total. The van der Waals surface area contributed by atoms with Gasteiger partial charge in [-0.05, 0) is 38.1 Å². The lowest BCUT2D eigenvalue weighted by Gasteiger charge is -2.35. The number of carbonyl (C=O) groups is 2. The van der Waals surface area contributed by atoms with Crippen LogP contribution in [0.4, 0.5) is 0 Å². The Labute approximate surface area is 121 Å². The molecule has 5 heteroatoms. The first kappa shape index (κ1) is 15.3. The number of rotatable bonds is 4. The highest BCUT2D eigenvalue weighted by atomic mass is 16.2. The summed E-state index contributed by atoms with van der Waals surface area (Å²) in [4.78, 5) is 25.9. The zero-order valence-electron chi connectivity index (χ0n) is 12.4. The molecule has 2 atom stereocenters. The van der Waals surface area contributed by atoms with Crippen LogP contribution in [0.2, 0.25) is 0 Å². The molecule has 2 unspecified atom stereocenters. The smallest absolute Gasteiger partial charge is 0.226 e. The van der Waals surface area contributed by atoms with Crippen molar-refractivity contribution in [1.82, 2.24) is 10.2 Å². The summed E-state index contributed by atoms with van der Waals surface area (Å²) >= 11 is 0. The first-order valence-corrected chi connectivity index (χ1v) is 7.94. The molecule has 0 bridgehead atoms. The SMILES string of the molecule is CCC(=O)NC1CCN(C(=O)C2CCCC2CN)CC1. The summed E-state index contributed by atoms with van der Waals surface area (Å²) in [6.45, 7) is 4.02. The number of likely N-dealkylation sites (tertiary alicyclic amines) is 1. The Morgan fingerprint density at radius 1 is 1.20 bits per heavy atom. The van der Waals surface area contributed by atoms with Crippen LogP contribution in [0.3, 0.4) is 0 Å². The second kappa shape index (κ2) is 7.07. The number of nitrogens with one attached hydrogen (secondary N) is 1. The molecule has 2 aliphatic rings. The van der Waals surface area contributed by atoms with Crippen LogP contribution in [0.25, 0.3) is 0 Å². The molecular formula is C15H27N3O2. The Bertz CT molecular complexity index is 351. The number of amides is 2. The zero-order valence-corrected chi connectivity index (χ0v) is 12.4. The minimum atomic E-state index is 0.105. The average Bonchev–Trinajstić information content (AvgIpc) is 2.95. The van der Waals surface area contributed by atoms with Gasteiger partial charge in [-0.3, -0.25) is 9.59 Å². The van der Waals surface area contributed by atoms with Crippen molar-refractivity contribution in [2.75, 3.05) is 19.6 Å². The van der Waals surface area contributed by atoms with Gasteiger partial charge in [0.2, 0.25) is 11.8 Å². The molecule has 0 radical (unpaired) electrons. The highest BCUT2D eigenvalue weighted by molar-refractivity contribution is 5.79. The van der Waals surface area contributed by atoms with Crippen LogP contribution in [0, 0.1) is 11.8 Å². The summed E-state index contributed by atoms with van der Waals surface area (Å²) in [5.41, 5.74) is 5.77. The molecule has 0 spiro atoms. The van der Waals surface area contributed by atoms with Crippen LogP contribution >= 0.6 is 0 Å². The summed E-state index contributed by atoms with van der Waals surface area (Å²) < 4.78 is 0. The first-order chi connectivity index (χ1) is 9.65. The van der Waals surface area contributed by atoms with Crippen molar-refractivity contribution in [3.8, 4) is 0 Å². The van der Waals surface area contributed by atoms with Crippen LogP contribution in [0.1, 0.15) is 45.4 Å². The van der Waals surface area contributed by atoms with E-state index in [2.05, 4.69) is 5.32 Å². The number of hydrogen-bond acceptors (Lipinski definition) is 3. The molecule has 1 aliphatic heterocycles. The fourth-order valence-corrected chi connectivity index (χ4v) is 3.45. The van der Waals surface area contributed by atoms with E-state index in [1.165, 1.54) is 0 Å². The van der Waals surface area contributed by atoms with Crippen LogP contribution in [-0.2, 0) is 9.59 Å². The Morgan fingerprint density at radius 2 is 1.90 bits per heavy atom. The molecule has 5 nitrogen and oxygen atoms in total. The summed E-state index contributed by atoms with van der Waals surface area (Å²) in [5, 5.41) is 3.02. The van der Waals surface area contributed by atoms with E-state index in [0.717, 1.165) is 45.2 Å². The quantitative estimate of drug-likeness (QED) is 0.803. The molecule has 114 valence electrons. The normalized spacial score (nSPS) is 27.6. The van der Waals surface area contributed by atoms with Gasteiger partial charge < -0.3 is 16.0 Å². The Balaban J connectivity index is 1.81. The van der Waals surface area contributed by atoms with E-state index >= 15 is 0 Å². The average molecular weight is 281 g/mol. The summed E-state index contributed by atoms with van der Waals surface area (Å²) in [6.07, 6.45) is 5.48. The van der Waals surface area contributed by atoms with Crippen LogP contribution in [-0.4, -0.2) is 42.4 Å². The molecule has 2 rings (SSSR count). The standard InChI is InChI=1S/C15H27N3O2/c1-2-14(19)17-12-6-8-18(9-7-12)15(20)13-5-3-4-11(13)10-16/h11-13H,2-10,16H2,1H3,(H,17,19). The van der Waals surface area contributed by atoms with Gasteiger partial charge in [-0.2, -0.15) is 0 Å². The van der Waals surface area contributed by atoms with Crippen molar-refractivity contribution in [2.24, 2.45) is 17.6 Å². The summed E-state index contributed by atoms with van der Waals surface area (Å²) in [7, 11) is 0. The molecule has 0 aromatic heterocycles. The van der Waals surface area contributed by atoms with Gasteiger partial charge in [0.25, 0.3) is 0 Å². The van der Waals surface area contributed by atoms with Crippen LogP contribution in [0.5, 0.6) is 0 Å². The minimum Gasteiger partial charge on any atom is -0.353 e. The third-order valence-electron chi connectivity index (χ3n) is 4.77. The summed E-state index contributed by atoms with van der Waals surface area (Å²) in [5.74, 6) is 0.911. The Kier molecular flexibility index (Phi) is 5.40. The molecule has 0 aromatic carbocycles. The fourth-order valence-electron chi connectivity index (χ4n) is 3.45. The van der Waals surface area contributed by atoms with Crippen molar-refractivity contribution in [2.45, 2.75) is 51.5 Å². The van der Waals surface area contributed by atoms with E-state index in [1.54, 1.807) is 0 Å². The van der Waals surface area contributed by atoms with Gasteiger partial charge in [-0.15, -0.1) is 0 Å². The second-order valence-electron chi connectivity index (χ2n) is 6.05. The minimum absolute atomic E-state index is 0.105. The fraction of sp³-hybridized carbons (Fsp3) is 0.867. The van der Waals surface area contributed by atoms with Crippen molar-refractivity contribution >= 4 is 11.8 Å². The molecule has 1 saturated heterocycles. The molecular weight excluding hydrogens is 254 g/mol. The second-order valence-corrected chi connectivity index (χ2v) is 6.05. The van der Waals surface area contributed by atoms with E-state index in [0.29, 0.717) is 24.8 Å². The van der Waals surface area contributed by atoms with Gasteiger partial charge in [-0.25, -0.2) is 0 Å². The maximum Gasteiger partial charge on any atom is 0.226 e. The Morgan fingerprint density at radius 3 is 2.50 bits per heavy atom. The summed E-state index contributed by atoms with van der Waals surface area (Å²) in [6, 6.07) is 0.236. The van der Waals surface area contributed by atoms with Gasteiger partial charge in [0.05, 0.1) is 0 Å². The molecule has 1 heterocycles. The predicted octanol–water partition coefficient (Wildman–Crippen LogP) is 0.879. The highest BCUT2D eigenvalue weighted by Gasteiger charge is 2.35. The molecule has 20 heavy (non-hydrogen) atoms. The lowest BCUT2D eigenvalue weighted by molar-refractivity contribution is -0.137. The molecule has 1 saturated carbocycles. The monoisotopic (exact) mass is 281 g/mol. The number of carbonyl (C=O) groups excluding carboxylic acids is 2. The van der Waals surface area contributed by atoms with Gasteiger partial charge >= 0.3 is 0 Å². The van der Waals surface area contributed by atoms with Crippen LogP contribution < -0.4 is 11.1 Å². The highest BCUT2D eigenvalue weighted by Crippen LogP contribution is 2.33. The number of hydrogen-bond donors (Lipinski definition) is 2. The molecule has 1 aliphatic carbocycles. The maximum atomic E-state index is 12.5. The number of piperidine rings is 1. The molecule has 2 amide bonds. The van der Waals surface area contributed by atoms with Crippen molar-refractivity contribution in [3.05, 3.63) is 0 Å². The lowest BCUT2D eigenvalue weighted by atomic mass is 9.93. The van der Waals surface area contributed by atoms with E-state index in [1.807, 2.05) is 11.8 Å². The number of nitrogens with zero attached hydrogens (tertiary/aromatic N) is 1. The molecule has 0 aromatic rings. The first-order valence-electron chi connectivity index (χ1n) is 7.94. The van der Waals surface area contributed by atoms with Gasteiger partial charge in [0.15, 0.2) is 0 Å². The predicted molar refractivity (Wildman–Crippen MR) is 77.9 cm³/mol. The van der Waals surface area contributed by atoms with Gasteiger partial charge in [-0.1, -0.05) is 13.3 Å². The maximum absolute atomic E-state index is 12.5. The molecule has 2 fully saturated rings. The van der Waals surface area contributed by atoms with Gasteiger partial charge in [0, 0.05) is 31.5 Å². The van der Waals surface area contributed by atoms with Gasteiger partial charge in [0.1, 0.15) is 0 Å². The lowest BCUT2D eigenvalue weighted by Crippen LogP contribution is -2.48. The largest absolute Gasteiger partial charge is 0.353 e. The van der Waals surface area contributed by atoms with E-state index in [-0.39, 0.29) is 17.9 Å². The van der Waals surface area contributed by atoms with Crippen molar-refractivity contribution in [1.29, 1.82) is 0 Å². The zero-order chi connectivity index (χ0) is 14.5. The van der Waals surface area contributed by atoms with E-state index in [9.17, 15) is 9.59 Å². The topological polar surface area (TPSA) is 75.4 Å². The third-order valence-corrected chi connectivity index (χ3v) is 4.77. The van der Waals surface area contributed by atoms with Crippen molar-refractivity contribution in [3.63, 3.8) is 0 Å². The van der Waals surface area contributed by atoms with Crippen LogP contribution in [0.15, 0.2) is 0 Å². The number of nitrogens with two attached hydrogens (primary N) is 1. The van der Waals surface area contributed by atoms with E-state index in [4.69, 9.17) is 5.73 Å². The van der Waals surface area contributed by atoms with Crippen molar-refractivity contribution < 1.29 is 9.59 Å². The van der Waals surface area contributed by atoms with E-state index < -0.39 is 0 Å².